The number of carbonyl (C=O) groups is 1. The van der Waals surface area contributed by atoms with Crippen LogP contribution in [0.25, 0.3) is 10.9 Å². The number of aryl methyl sites for hydroxylation is 1. The van der Waals surface area contributed by atoms with Gasteiger partial charge in [0.1, 0.15) is 17.1 Å². The van der Waals surface area contributed by atoms with Crippen LogP contribution >= 0.6 is 0 Å². The highest BCUT2D eigenvalue weighted by atomic mass is 19.1. The second-order valence-electron chi connectivity index (χ2n) is 5.14. The third-order valence-electron chi connectivity index (χ3n) is 3.40. The van der Waals surface area contributed by atoms with E-state index in [2.05, 4.69) is 5.32 Å². The molecule has 8 heteroatoms. The van der Waals surface area contributed by atoms with Crippen molar-refractivity contribution in [3.8, 4) is 0 Å². The molecule has 6 nitrogen and oxygen atoms in total. The molecular formula is C15H16F2N2O4. The molecule has 0 fully saturated rings. The van der Waals surface area contributed by atoms with Crippen LogP contribution < -0.4 is 10.7 Å². The van der Waals surface area contributed by atoms with Crippen LogP contribution in [-0.4, -0.2) is 33.4 Å². The summed E-state index contributed by atoms with van der Waals surface area (Å²) in [7, 11) is 0. The quantitative estimate of drug-likeness (QED) is 0.779. The van der Waals surface area contributed by atoms with Gasteiger partial charge in [-0.25, -0.2) is 13.6 Å². The average molecular weight is 326 g/mol. The standard InChI is InChI=1S/C15H16F2N2O4/c1-3-19-6-9(15(22)23)14(21)8-4-10(16)12(11(17)13(8)19)18-5-7(2)20/h4,6-7,18,20H,3,5H2,1-2H3,(H,22,23)/t7-/m0/s1. The second kappa shape index (κ2) is 6.33. The average Bonchev–Trinajstić information content (AvgIpc) is 2.47. The summed E-state index contributed by atoms with van der Waals surface area (Å²) in [6.45, 7) is 3.20. The normalized spacial score (nSPS) is 12.4. The van der Waals surface area contributed by atoms with Crippen LogP contribution in [-0.2, 0) is 6.54 Å². The first-order valence-electron chi connectivity index (χ1n) is 6.98. The van der Waals surface area contributed by atoms with Crippen LogP contribution in [0.3, 0.4) is 0 Å². The van der Waals surface area contributed by atoms with Gasteiger partial charge in [-0.2, -0.15) is 0 Å². The maximum atomic E-state index is 14.6. The number of carboxylic acids is 1. The summed E-state index contributed by atoms with van der Waals surface area (Å²) >= 11 is 0. The molecule has 1 atom stereocenters. The van der Waals surface area contributed by atoms with E-state index >= 15 is 0 Å². The zero-order chi connectivity index (χ0) is 17.3. The third-order valence-corrected chi connectivity index (χ3v) is 3.40. The Kier molecular flexibility index (Phi) is 4.65. The van der Waals surface area contributed by atoms with E-state index in [9.17, 15) is 23.5 Å². The first kappa shape index (κ1) is 16.9. The fraction of sp³-hybridized carbons (Fsp3) is 0.333. The Bertz CT molecular complexity index is 831. The molecule has 0 spiro atoms. The highest BCUT2D eigenvalue weighted by molar-refractivity contribution is 5.93. The molecule has 0 radical (unpaired) electrons. The SMILES string of the molecule is CCn1cc(C(=O)O)c(=O)c2cc(F)c(NC[C@H](C)O)c(F)c21. The Morgan fingerprint density at radius 2 is 2.09 bits per heavy atom. The summed E-state index contributed by atoms with van der Waals surface area (Å²) in [5.74, 6) is -3.49. The van der Waals surface area contributed by atoms with E-state index in [1.54, 1.807) is 6.92 Å². The van der Waals surface area contributed by atoms with E-state index in [0.29, 0.717) is 0 Å². The highest BCUT2D eigenvalue weighted by Crippen LogP contribution is 2.27. The molecular weight excluding hydrogens is 310 g/mol. The maximum absolute atomic E-state index is 14.6. The van der Waals surface area contributed by atoms with Crippen LogP contribution in [0.2, 0.25) is 0 Å². The third kappa shape index (κ3) is 3.02. The van der Waals surface area contributed by atoms with Gasteiger partial charge in [-0.15, -0.1) is 0 Å². The number of anilines is 1. The fourth-order valence-electron chi connectivity index (χ4n) is 2.30. The lowest BCUT2D eigenvalue weighted by atomic mass is 10.1. The first-order valence-corrected chi connectivity index (χ1v) is 6.98. The molecule has 1 aromatic carbocycles. The molecule has 0 amide bonds. The van der Waals surface area contributed by atoms with Crippen molar-refractivity contribution >= 4 is 22.6 Å². The summed E-state index contributed by atoms with van der Waals surface area (Å²) in [6, 6.07) is 0.809. The van der Waals surface area contributed by atoms with Crippen molar-refractivity contribution in [1.82, 2.24) is 4.57 Å². The van der Waals surface area contributed by atoms with Gasteiger partial charge in [0.15, 0.2) is 5.82 Å². The number of nitrogens with one attached hydrogen (secondary N) is 1. The van der Waals surface area contributed by atoms with Crippen LogP contribution in [0.1, 0.15) is 24.2 Å². The summed E-state index contributed by atoms with van der Waals surface area (Å²) in [5.41, 5.74) is -2.15. The number of aromatic nitrogens is 1. The number of rotatable bonds is 5. The molecule has 0 saturated carbocycles. The first-order chi connectivity index (χ1) is 10.8. The molecule has 3 N–H and O–H groups in total. The monoisotopic (exact) mass is 326 g/mol. The lowest BCUT2D eigenvalue weighted by Crippen LogP contribution is -2.21. The van der Waals surface area contributed by atoms with Crippen molar-refractivity contribution in [2.45, 2.75) is 26.5 Å². The number of halogens is 2. The minimum absolute atomic E-state index is 0.0804. The van der Waals surface area contributed by atoms with Crippen LogP contribution in [0.5, 0.6) is 0 Å². The predicted molar refractivity (Wildman–Crippen MR) is 80.9 cm³/mol. The number of hydrogen-bond donors (Lipinski definition) is 3. The largest absolute Gasteiger partial charge is 0.477 e. The van der Waals surface area contributed by atoms with Crippen molar-refractivity contribution in [3.63, 3.8) is 0 Å². The fourth-order valence-corrected chi connectivity index (χ4v) is 2.30. The number of nitrogens with zero attached hydrogens (tertiary/aromatic N) is 1. The molecule has 0 aliphatic heterocycles. The van der Waals surface area contributed by atoms with Crippen LogP contribution in [0, 0.1) is 11.6 Å². The minimum atomic E-state index is -1.46. The van der Waals surface area contributed by atoms with Gasteiger partial charge in [-0.1, -0.05) is 0 Å². The topological polar surface area (TPSA) is 91.6 Å². The molecule has 124 valence electrons. The van der Waals surface area contributed by atoms with E-state index in [4.69, 9.17) is 5.11 Å². The summed E-state index contributed by atoms with van der Waals surface area (Å²) in [5, 5.41) is 20.4. The number of pyridine rings is 1. The summed E-state index contributed by atoms with van der Waals surface area (Å²) < 4.78 is 30.0. The van der Waals surface area contributed by atoms with E-state index in [0.717, 1.165) is 12.3 Å². The second-order valence-corrected chi connectivity index (χ2v) is 5.14. The van der Waals surface area contributed by atoms with Gasteiger partial charge in [0.05, 0.1) is 17.0 Å². The Labute approximate surface area is 130 Å². The van der Waals surface area contributed by atoms with E-state index in [1.165, 1.54) is 11.5 Å². The number of hydrogen-bond acceptors (Lipinski definition) is 4. The van der Waals surface area contributed by atoms with E-state index in [-0.39, 0.29) is 24.0 Å². The van der Waals surface area contributed by atoms with Gasteiger partial charge in [-0.3, -0.25) is 4.79 Å². The molecule has 1 aromatic heterocycles. The van der Waals surface area contributed by atoms with E-state index < -0.39 is 40.4 Å². The molecule has 2 rings (SSSR count). The maximum Gasteiger partial charge on any atom is 0.341 e. The molecule has 0 aliphatic carbocycles. The van der Waals surface area contributed by atoms with Gasteiger partial charge in [0, 0.05) is 19.3 Å². The number of aliphatic hydroxyl groups is 1. The van der Waals surface area contributed by atoms with Gasteiger partial charge in [0.25, 0.3) is 0 Å². The zero-order valence-electron chi connectivity index (χ0n) is 12.6. The molecule has 0 saturated heterocycles. The number of benzene rings is 1. The van der Waals surface area contributed by atoms with E-state index in [1.807, 2.05) is 0 Å². The van der Waals surface area contributed by atoms with Crippen molar-refractivity contribution in [2.75, 3.05) is 11.9 Å². The van der Waals surface area contributed by atoms with Crippen molar-refractivity contribution in [3.05, 3.63) is 39.7 Å². The molecule has 0 bridgehead atoms. The van der Waals surface area contributed by atoms with Gasteiger partial charge in [-0.05, 0) is 19.9 Å². The zero-order valence-corrected chi connectivity index (χ0v) is 12.6. The predicted octanol–water partition coefficient (Wildman–Crippen LogP) is 1.79. The lowest BCUT2D eigenvalue weighted by molar-refractivity contribution is 0.0694. The molecule has 0 unspecified atom stereocenters. The number of carboxylic acid groups (broad SMARTS) is 1. The molecule has 0 aliphatic rings. The smallest absolute Gasteiger partial charge is 0.341 e. The number of fused-ring (bicyclic) bond motifs is 1. The van der Waals surface area contributed by atoms with Crippen molar-refractivity contribution < 1.29 is 23.8 Å². The summed E-state index contributed by atoms with van der Waals surface area (Å²) in [4.78, 5) is 23.2. The Hall–Kier alpha value is -2.48. The number of aromatic carboxylic acids is 1. The molecule has 2 aromatic rings. The Morgan fingerprint density at radius 1 is 1.43 bits per heavy atom. The van der Waals surface area contributed by atoms with Crippen LogP contribution in [0.4, 0.5) is 14.5 Å². The lowest BCUT2D eigenvalue weighted by Gasteiger charge is -2.15. The van der Waals surface area contributed by atoms with Gasteiger partial charge < -0.3 is 20.1 Å². The number of aliphatic hydroxyl groups excluding tert-OH is 1. The molecule has 1 heterocycles. The van der Waals surface area contributed by atoms with Gasteiger partial charge in [0.2, 0.25) is 5.43 Å². The highest BCUT2D eigenvalue weighted by Gasteiger charge is 2.21. The van der Waals surface area contributed by atoms with Crippen molar-refractivity contribution in [2.24, 2.45) is 0 Å². The van der Waals surface area contributed by atoms with Crippen LogP contribution in [0.15, 0.2) is 17.1 Å². The van der Waals surface area contributed by atoms with Gasteiger partial charge >= 0.3 is 5.97 Å². The Morgan fingerprint density at radius 3 is 2.61 bits per heavy atom. The van der Waals surface area contributed by atoms with Crippen molar-refractivity contribution in [1.29, 1.82) is 0 Å². The Balaban J connectivity index is 2.81. The molecule has 23 heavy (non-hydrogen) atoms. The minimum Gasteiger partial charge on any atom is -0.477 e. The summed E-state index contributed by atoms with van der Waals surface area (Å²) in [6.07, 6.45) is 0.208.